The Hall–Kier alpha value is -2.75. The van der Waals surface area contributed by atoms with Crippen LogP contribution in [-0.4, -0.2) is 59.3 Å². The summed E-state index contributed by atoms with van der Waals surface area (Å²) in [5.74, 6) is 1.44. The molecule has 5 rings (SSSR count). The molecule has 3 heterocycles. The molecule has 2 aromatic carbocycles. The Kier molecular flexibility index (Phi) is 8.69. The maximum Gasteiger partial charge on any atom is 0.392 e. The van der Waals surface area contributed by atoms with Gasteiger partial charge in [-0.2, -0.15) is 13.2 Å². The Labute approximate surface area is 227 Å². The maximum absolute atomic E-state index is 13.5. The van der Waals surface area contributed by atoms with Gasteiger partial charge in [0.25, 0.3) is 0 Å². The molecular formula is C30H36F3NO5. The molecule has 39 heavy (non-hydrogen) atoms. The van der Waals surface area contributed by atoms with Crippen molar-refractivity contribution in [3.05, 3.63) is 59.2 Å². The number of fused-ring (bicyclic) bond motifs is 1. The highest BCUT2D eigenvalue weighted by molar-refractivity contribution is 5.87. The van der Waals surface area contributed by atoms with E-state index in [4.69, 9.17) is 23.7 Å². The molecule has 0 aliphatic carbocycles. The van der Waals surface area contributed by atoms with Gasteiger partial charge >= 0.3 is 6.18 Å². The van der Waals surface area contributed by atoms with Crippen LogP contribution in [0.15, 0.2) is 48.0 Å². The van der Waals surface area contributed by atoms with Crippen LogP contribution in [-0.2, 0) is 14.2 Å². The second-order valence-corrected chi connectivity index (χ2v) is 10.3. The summed E-state index contributed by atoms with van der Waals surface area (Å²) in [6.45, 7) is 2.26. The van der Waals surface area contributed by atoms with E-state index < -0.39 is 12.6 Å². The minimum atomic E-state index is -4.34. The number of hydrogen-bond acceptors (Lipinski definition) is 6. The van der Waals surface area contributed by atoms with Crippen molar-refractivity contribution in [1.29, 1.82) is 0 Å². The van der Waals surface area contributed by atoms with E-state index >= 15 is 0 Å². The van der Waals surface area contributed by atoms with Crippen molar-refractivity contribution in [1.82, 2.24) is 0 Å². The molecule has 0 saturated carbocycles. The zero-order valence-electron chi connectivity index (χ0n) is 22.5. The molecular weight excluding hydrogens is 511 g/mol. The van der Waals surface area contributed by atoms with Gasteiger partial charge in [0.2, 0.25) is 0 Å². The number of anilines is 1. The minimum Gasteiger partial charge on any atom is -0.488 e. The molecule has 3 aliphatic rings. The van der Waals surface area contributed by atoms with Gasteiger partial charge in [-0.25, -0.2) is 0 Å². The van der Waals surface area contributed by atoms with E-state index in [2.05, 4.69) is 4.90 Å². The molecule has 212 valence electrons. The van der Waals surface area contributed by atoms with Crippen LogP contribution >= 0.6 is 0 Å². The number of piperidine rings is 1. The average molecular weight is 548 g/mol. The zero-order chi connectivity index (χ0) is 27.4. The fourth-order valence-electron chi connectivity index (χ4n) is 5.78. The molecule has 1 unspecified atom stereocenters. The summed E-state index contributed by atoms with van der Waals surface area (Å²) in [5.41, 5.74) is 3.21. The molecule has 0 spiro atoms. The normalized spacial score (nSPS) is 20.7. The van der Waals surface area contributed by atoms with Crippen LogP contribution in [0, 0.1) is 5.92 Å². The lowest BCUT2D eigenvalue weighted by Gasteiger charge is -2.36. The first-order valence-corrected chi connectivity index (χ1v) is 13.6. The van der Waals surface area contributed by atoms with Crippen LogP contribution in [0.3, 0.4) is 0 Å². The van der Waals surface area contributed by atoms with Crippen molar-refractivity contribution < 1.29 is 36.9 Å². The fourth-order valence-corrected chi connectivity index (χ4v) is 5.78. The Morgan fingerprint density at radius 1 is 0.974 bits per heavy atom. The molecule has 6 nitrogen and oxygen atoms in total. The summed E-state index contributed by atoms with van der Waals surface area (Å²) in [6.07, 6.45) is -1.14. The second kappa shape index (κ2) is 12.2. The van der Waals surface area contributed by atoms with Gasteiger partial charge in [-0.05, 0) is 66.7 Å². The van der Waals surface area contributed by atoms with E-state index in [-0.39, 0.29) is 24.8 Å². The van der Waals surface area contributed by atoms with Gasteiger partial charge in [0.15, 0.2) is 12.6 Å². The minimum absolute atomic E-state index is 0.124. The molecule has 2 saturated heterocycles. The van der Waals surface area contributed by atoms with Crippen LogP contribution in [0.1, 0.15) is 49.7 Å². The van der Waals surface area contributed by atoms with Gasteiger partial charge < -0.3 is 28.6 Å². The molecule has 3 aliphatic heterocycles. The highest BCUT2D eigenvalue weighted by Crippen LogP contribution is 2.43. The van der Waals surface area contributed by atoms with Crippen molar-refractivity contribution in [3.8, 4) is 11.5 Å². The second-order valence-electron chi connectivity index (χ2n) is 10.3. The summed E-state index contributed by atoms with van der Waals surface area (Å²) in [4.78, 5) is 2.29. The molecule has 0 bridgehead atoms. The van der Waals surface area contributed by atoms with Crippen molar-refractivity contribution in [3.63, 3.8) is 0 Å². The molecule has 0 aromatic heterocycles. The first-order valence-electron chi connectivity index (χ1n) is 13.6. The lowest BCUT2D eigenvalue weighted by atomic mass is 9.89. The van der Waals surface area contributed by atoms with E-state index in [1.807, 2.05) is 24.3 Å². The molecule has 1 atom stereocenters. The third-order valence-corrected chi connectivity index (χ3v) is 7.71. The topological polar surface area (TPSA) is 49.4 Å². The van der Waals surface area contributed by atoms with Gasteiger partial charge in [-0.1, -0.05) is 12.1 Å². The summed E-state index contributed by atoms with van der Waals surface area (Å²) in [7, 11) is 3.32. The highest BCUT2D eigenvalue weighted by atomic mass is 19.4. The third-order valence-electron chi connectivity index (χ3n) is 7.71. The van der Waals surface area contributed by atoms with Crippen molar-refractivity contribution in [2.24, 2.45) is 5.92 Å². The van der Waals surface area contributed by atoms with Gasteiger partial charge in [-0.15, -0.1) is 0 Å². The number of methoxy groups -OCH3 is 2. The lowest BCUT2D eigenvalue weighted by molar-refractivity contribution is -0.141. The number of hydrogen-bond donors (Lipinski definition) is 0. The van der Waals surface area contributed by atoms with Gasteiger partial charge in [0, 0.05) is 57.0 Å². The summed E-state index contributed by atoms with van der Waals surface area (Å²) in [5, 5.41) is 0. The smallest absolute Gasteiger partial charge is 0.392 e. The molecule has 9 heteroatoms. The van der Waals surface area contributed by atoms with Crippen LogP contribution in [0.2, 0.25) is 0 Å². The number of halogens is 3. The van der Waals surface area contributed by atoms with Crippen molar-refractivity contribution in [2.45, 2.75) is 57.3 Å². The van der Waals surface area contributed by atoms with Crippen LogP contribution in [0.4, 0.5) is 18.9 Å². The monoisotopic (exact) mass is 547 g/mol. The molecule has 2 aromatic rings. The summed E-state index contributed by atoms with van der Waals surface area (Å²) in [6, 6.07) is 13.1. The number of ether oxygens (including phenoxy) is 5. The zero-order valence-corrected chi connectivity index (χ0v) is 22.5. The van der Waals surface area contributed by atoms with Gasteiger partial charge in [0.05, 0.1) is 13.0 Å². The van der Waals surface area contributed by atoms with Crippen molar-refractivity contribution >= 4 is 11.3 Å². The Morgan fingerprint density at radius 2 is 1.72 bits per heavy atom. The van der Waals surface area contributed by atoms with Crippen LogP contribution in [0.25, 0.3) is 5.57 Å². The molecule has 2 fully saturated rings. The predicted octanol–water partition coefficient (Wildman–Crippen LogP) is 6.57. The summed E-state index contributed by atoms with van der Waals surface area (Å²) < 4.78 is 68.9. The van der Waals surface area contributed by atoms with E-state index in [9.17, 15) is 13.2 Å². The largest absolute Gasteiger partial charge is 0.488 e. The van der Waals surface area contributed by atoms with E-state index in [1.54, 1.807) is 32.4 Å². The first-order chi connectivity index (χ1) is 18.8. The van der Waals surface area contributed by atoms with Crippen LogP contribution < -0.4 is 14.4 Å². The number of alkyl halides is 3. The number of rotatable bonds is 8. The Morgan fingerprint density at radius 3 is 2.36 bits per heavy atom. The molecule has 0 radical (unpaired) electrons. The Balaban J connectivity index is 1.37. The maximum atomic E-state index is 13.5. The van der Waals surface area contributed by atoms with Crippen molar-refractivity contribution in [2.75, 3.05) is 45.4 Å². The molecule has 0 N–H and O–H groups in total. The standard InChI is InChI=1S/C30H36F3NO5/c1-35-29(36-2)21-12-14-34(15-13-21)23-8-6-20(7-9-23)28-22(18-30(31,32)33)19-38-26-17-24(10-11-25(26)28)39-27-5-3-4-16-37-27/h6-11,17,21,27,29H,3-5,12-16,18-19H2,1-2H3. The third kappa shape index (κ3) is 6.70. The quantitative estimate of drug-likeness (QED) is 0.348. The highest BCUT2D eigenvalue weighted by Gasteiger charge is 2.34. The van der Waals surface area contributed by atoms with E-state index in [0.717, 1.165) is 56.4 Å². The number of nitrogens with zero attached hydrogens (tertiary/aromatic N) is 1. The van der Waals surface area contributed by atoms with Gasteiger partial charge in [-0.3, -0.25) is 0 Å². The Bertz CT molecular complexity index is 1130. The van der Waals surface area contributed by atoms with Crippen LogP contribution in [0.5, 0.6) is 11.5 Å². The SMILES string of the molecule is COC(OC)C1CCN(c2ccc(C3=C(CC(F)(F)F)COc4cc(OC5CCCCO5)ccc43)cc2)CC1. The predicted molar refractivity (Wildman–Crippen MR) is 142 cm³/mol. The first kappa shape index (κ1) is 27.8. The summed E-state index contributed by atoms with van der Waals surface area (Å²) >= 11 is 0. The van der Waals surface area contributed by atoms with E-state index in [1.165, 1.54) is 0 Å². The number of benzene rings is 2. The van der Waals surface area contributed by atoms with E-state index in [0.29, 0.717) is 35.2 Å². The van der Waals surface area contributed by atoms with Gasteiger partial charge in [0.1, 0.15) is 18.1 Å². The molecule has 0 amide bonds. The lowest BCUT2D eigenvalue weighted by Crippen LogP contribution is -2.39. The average Bonchev–Trinajstić information content (AvgIpc) is 2.94. The fraction of sp³-hybridized carbons (Fsp3) is 0.533.